The van der Waals surface area contributed by atoms with Gasteiger partial charge in [-0.1, -0.05) is 170 Å². The van der Waals surface area contributed by atoms with Crippen molar-refractivity contribution in [3.63, 3.8) is 0 Å². The van der Waals surface area contributed by atoms with Crippen molar-refractivity contribution < 1.29 is 0 Å². The molecule has 1 N–H and O–H groups in total. The number of nitrogens with one attached hydrogen (secondary N) is 1. The zero-order chi connectivity index (χ0) is 44.7. The summed E-state index contributed by atoms with van der Waals surface area (Å²) in [5.41, 5.74) is 12.3. The molecule has 13 aromatic rings. The lowest BCUT2D eigenvalue weighted by atomic mass is 9.88. The van der Waals surface area contributed by atoms with Gasteiger partial charge in [0.25, 0.3) is 0 Å². The summed E-state index contributed by atoms with van der Waals surface area (Å²) in [6, 6.07) is 85.4. The number of para-hydroxylation sites is 3. The molecule has 14 rings (SSSR count). The van der Waals surface area contributed by atoms with Crippen LogP contribution in [0.1, 0.15) is 22.9 Å². The number of amidine groups is 2. The van der Waals surface area contributed by atoms with Crippen LogP contribution in [0.15, 0.2) is 247 Å². The topological polar surface area (TPSA) is 46.6 Å². The smallest absolute Gasteiger partial charge is 0.159 e. The molecule has 3 heterocycles. The van der Waals surface area contributed by atoms with E-state index in [0.29, 0.717) is 5.84 Å². The highest BCUT2D eigenvalue weighted by Gasteiger charge is 2.25. The first kappa shape index (κ1) is 38.2. The van der Waals surface area contributed by atoms with Crippen molar-refractivity contribution in [3.05, 3.63) is 253 Å². The van der Waals surface area contributed by atoms with Crippen LogP contribution in [-0.2, 0) is 0 Å². The van der Waals surface area contributed by atoms with Crippen LogP contribution in [0.5, 0.6) is 0 Å². The van der Waals surface area contributed by atoms with E-state index in [4.69, 9.17) is 9.98 Å². The van der Waals surface area contributed by atoms with Crippen LogP contribution in [0, 0.1) is 0 Å². The number of aliphatic imine (C=N–C) groups is 2. The highest BCUT2D eigenvalue weighted by Crippen LogP contribution is 2.43. The molecule has 0 saturated heterocycles. The summed E-state index contributed by atoms with van der Waals surface area (Å²) < 4.78 is 4.85. The zero-order valence-corrected chi connectivity index (χ0v) is 36.9. The van der Waals surface area contributed by atoms with E-state index in [0.717, 1.165) is 55.9 Å². The highest BCUT2D eigenvalue weighted by atomic mass is 15.2. The van der Waals surface area contributed by atoms with E-state index in [1.54, 1.807) is 0 Å². The fraction of sp³-hybridized carbons (Fsp3) is 0.0159. The lowest BCUT2D eigenvalue weighted by Gasteiger charge is -2.25. The second kappa shape index (κ2) is 15.3. The Kier molecular flexibility index (Phi) is 8.58. The van der Waals surface area contributed by atoms with E-state index in [-0.39, 0.29) is 6.17 Å². The van der Waals surface area contributed by atoms with Gasteiger partial charge in [0.05, 0.1) is 22.1 Å². The first-order valence-electron chi connectivity index (χ1n) is 23.3. The predicted octanol–water partition coefficient (Wildman–Crippen LogP) is 15.5. The van der Waals surface area contributed by atoms with Crippen molar-refractivity contribution in [2.75, 3.05) is 0 Å². The molecule has 0 aliphatic carbocycles. The Morgan fingerprint density at radius 3 is 1.49 bits per heavy atom. The molecule has 0 radical (unpaired) electrons. The second-order valence-corrected chi connectivity index (χ2v) is 17.8. The molecule has 2 aromatic heterocycles. The molecule has 0 amide bonds. The fourth-order valence-electron chi connectivity index (χ4n) is 10.9. The van der Waals surface area contributed by atoms with E-state index in [2.05, 4.69) is 245 Å². The quantitative estimate of drug-likeness (QED) is 0.166. The Labute approximate surface area is 392 Å². The molecule has 1 unspecified atom stereocenters. The molecular weight excluding hydrogens is 827 g/mol. The Morgan fingerprint density at radius 1 is 0.338 bits per heavy atom. The van der Waals surface area contributed by atoms with Gasteiger partial charge in [0.15, 0.2) is 5.84 Å². The van der Waals surface area contributed by atoms with Gasteiger partial charge >= 0.3 is 0 Å². The minimum atomic E-state index is -0.340. The molecule has 318 valence electrons. The predicted molar refractivity (Wildman–Crippen MR) is 285 cm³/mol. The number of fused-ring (bicyclic) bond motifs is 12. The van der Waals surface area contributed by atoms with Crippen LogP contribution in [-0.4, -0.2) is 20.8 Å². The minimum Gasteiger partial charge on any atom is -0.344 e. The van der Waals surface area contributed by atoms with Gasteiger partial charge in [-0.15, -0.1) is 0 Å². The van der Waals surface area contributed by atoms with E-state index in [9.17, 15) is 0 Å². The molecule has 1 aliphatic heterocycles. The first-order chi connectivity index (χ1) is 33.7. The van der Waals surface area contributed by atoms with E-state index in [1.807, 2.05) is 6.07 Å². The molecule has 0 saturated carbocycles. The van der Waals surface area contributed by atoms with E-state index >= 15 is 0 Å². The maximum atomic E-state index is 5.43. The summed E-state index contributed by atoms with van der Waals surface area (Å²) in [5, 5.41) is 15.9. The standard InChI is InChI=1S/C63H41N5/c1-5-19-40(20-6-1)61-64-62(41-21-7-2-8-22-41)66-63(65-61)55-37-43(36-54-48-29-14-13-27-46(48)47-28-15-16-31-50(47)60(54)55)42-33-34-57-51(35-42)53-39-58-52(38-59(53)68(57)45-25-11-4-12-26-45)49-30-17-18-32-56(49)67(58)44-23-9-3-10-24-44/h1-39,61H,(H,64,65,66). The first-order valence-corrected chi connectivity index (χ1v) is 23.3. The Morgan fingerprint density at radius 2 is 0.824 bits per heavy atom. The van der Waals surface area contributed by atoms with Gasteiger partial charge in [0.2, 0.25) is 0 Å². The molecule has 0 bridgehead atoms. The van der Waals surface area contributed by atoms with Crippen molar-refractivity contribution in [2.45, 2.75) is 6.17 Å². The molecule has 5 heteroatoms. The van der Waals surface area contributed by atoms with Gasteiger partial charge < -0.3 is 14.5 Å². The summed E-state index contributed by atoms with van der Waals surface area (Å²) in [7, 11) is 0. The summed E-state index contributed by atoms with van der Waals surface area (Å²) in [5.74, 6) is 1.49. The number of hydrogen-bond donors (Lipinski definition) is 1. The third kappa shape index (κ3) is 5.96. The Hall–Kier alpha value is -9.06. The summed E-state index contributed by atoms with van der Waals surface area (Å²) in [6.07, 6.45) is -0.340. The largest absolute Gasteiger partial charge is 0.344 e. The maximum Gasteiger partial charge on any atom is 0.159 e. The van der Waals surface area contributed by atoms with Crippen LogP contribution in [0.2, 0.25) is 0 Å². The van der Waals surface area contributed by atoms with E-state index < -0.39 is 0 Å². The number of benzene rings is 11. The lowest BCUT2D eigenvalue weighted by Crippen LogP contribution is -2.33. The van der Waals surface area contributed by atoms with Crippen molar-refractivity contribution >= 4 is 87.6 Å². The van der Waals surface area contributed by atoms with Gasteiger partial charge in [-0.05, 0) is 110 Å². The number of aromatic nitrogens is 2. The number of rotatable bonds is 6. The van der Waals surface area contributed by atoms with Crippen LogP contribution in [0.3, 0.4) is 0 Å². The summed E-state index contributed by atoms with van der Waals surface area (Å²) in [6.45, 7) is 0. The lowest BCUT2D eigenvalue weighted by molar-refractivity contribution is 0.674. The minimum absolute atomic E-state index is 0.340. The molecule has 68 heavy (non-hydrogen) atoms. The maximum absolute atomic E-state index is 5.43. The number of hydrogen-bond acceptors (Lipinski definition) is 3. The average molecular weight is 868 g/mol. The van der Waals surface area contributed by atoms with Gasteiger partial charge in [-0.25, -0.2) is 9.98 Å². The van der Waals surface area contributed by atoms with Crippen LogP contribution in [0.4, 0.5) is 0 Å². The normalized spacial score (nSPS) is 14.0. The monoisotopic (exact) mass is 867 g/mol. The van der Waals surface area contributed by atoms with Gasteiger partial charge in [0.1, 0.15) is 12.0 Å². The third-order valence-electron chi connectivity index (χ3n) is 13.9. The summed E-state index contributed by atoms with van der Waals surface area (Å²) >= 11 is 0. The number of nitrogens with zero attached hydrogens (tertiary/aromatic N) is 4. The molecule has 11 aromatic carbocycles. The average Bonchev–Trinajstić information content (AvgIpc) is 3.92. The van der Waals surface area contributed by atoms with Crippen molar-refractivity contribution in [1.29, 1.82) is 0 Å². The van der Waals surface area contributed by atoms with Gasteiger partial charge in [0, 0.05) is 49.4 Å². The molecular formula is C63H41N5. The molecule has 1 aliphatic rings. The van der Waals surface area contributed by atoms with Gasteiger partial charge in [-0.2, -0.15) is 0 Å². The van der Waals surface area contributed by atoms with Crippen molar-refractivity contribution in [1.82, 2.24) is 14.5 Å². The summed E-state index contributed by atoms with van der Waals surface area (Å²) in [4.78, 5) is 10.7. The molecule has 5 nitrogen and oxygen atoms in total. The van der Waals surface area contributed by atoms with E-state index in [1.165, 1.54) is 65.0 Å². The third-order valence-corrected chi connectivity index (χ3v) is 13.9. The van der Waals surface area contributed by atoms with Crippen LogP contribution in [0.25, 0.3) is 98.4 Å². The van der Waals surface area contributed by atoms with Crippen molar-refractivity contribution in [2.24, 2.45) is 9.98 Å². The van der Waals surface area contributed by atoms with Crippen LogP contribution >= 0.6 is 0 Å². The molecule has 0 spiro atoms. The van der Waals surface area contributed by atoms with Crippen LogP contribution < -0.4 is 5.32 Å². The zero-order valence-electron chi connectivity index (χ0n) is 36.9. The SMILES string of the molecule is c1ccc(C2=NC(c3ccccc3)NC(c3cc(-c4ccc5c(c4)c4cc6c(cc4n5-c4ccccc4)c4ccccc4n6-c4ccccc4)cc4c5ccccc5c5ccccc5c34)=N2)cc1. The Balaban J connectivity index is 1.06. The van der Waals surface area contributed by atoms with Crippen molar-refractivity contribution in [3.8, 4) is 22.5 Å². The second-order valence-electron chi connectivity index (χ2n) is 17.8. The Bertz CT molecular complexity index is 4200. The molecule has 1 atom stereocenters. The highest BCUT2D eigenvalue weighted by molar-refractivity contribution is 6.31. The molecule has 0 fully saturated rings. The fourth-order valence-corrected chi connectivity index (χ4v) is 10.9. The van der Waals surface area contributed by atoms with Gasteiger partial charge in [-0.3, -0.25) is 0 Å².